The van der Waals surface area contributed by atoms with Crippen LogP contribution in [0.3, 0.4) is 0 Å². The van der Waals surface area contributed by atoms with Crippen molar-refractivity contribution >= 4 is 16.6 Å². The van der Waals surface area contributed by atoms with Crippen molar-refractivity contribution < 1.29 is 0 Å². The molecule has 21 heavy (non-hydrogen) atoms. The molecule has 0 saturated heterocycles. The van der Waals surface area contributed by atoms with Gasteiger partial charge in [-0.1, -0.05) is 38.5 Å². The van der Waals surface area contributed by atoms with Gasteiger partial charge in [0.2, 0.25) is 0 Å². The summed E-state index contributed by atoms with van der Waals surface area (Å²) in [6.07, 6.45) is 5.38. The number of rotatable bonds is 3. The van der Waals surface area contributed by atoms with Crippen LogP contribution in [0.25, 0.3) is 10.9 Å². The highest BCUT2D eigenvalue weighted by Gasteiger charge is 2.32. The largest absolute Gasteiger partial charge is 0.380 e. The lowest BCUT2D eigenvalue weighted by Crippen LogP contribution is -2.25. The van der Waals surface area contributed by atoms with Gasteiger partial charge in [-0.05, 0) is 30.7 Å². The Labute approximate surface area is 126 Å². The van der Waals surface area contributed by atoms with Gasteiger partial charge in [0, 0.05) is 17.6 Å². The third kappa shape index (κ3) is 2.47. The Morgan fingerprint density at radius 2 is 2.14 bits per heavy atom. The third-order valence-electron chi connectivity index (χ3n) is 4.98. The molecule has 3 atom stereocenters. The number of anilines is 1. The Morgan fingerprint density at radius 3 is 2.86 bits per heavy atom. The fourth-order valence-electron chi connectivity index (χ4n) is 3.59. The van der Waals surface area contributed by atoms with Gasteiger partial charge in [-0.25, -0.2) is 0 Å². The first-order valence-electron chi connectivity index (χ1n) is 7.79. The summed E-state index contributed by atoms with van der Waals surface area (Å²) in [6, 6.07) is 10.8. The molecular weight excluding hydrogens is 258 g/mol. The fourth-order valence-corrected chi connectivity index (χ4v) is 3.59. The topological polar surface area (TPSA) is 48.7 Å². The summed E-state index contributed by atoms with van der Waals surface area (Å²) < 4.78 is 0. The standard InChI is InChI=1S/C18H21N3/c1-3-13-8-9-16(12(13)2)21-18-14(10-19)11-20-17-7-5-4-6-15(17)18/h4-7,11-13,16H,3,8-9H2,1-2H3,(H,20,21). The van der Waals surface area contributed by atoms with Crippen molar-refractivity contribution in [1.82, 2.24) is 4.98 Å². The van der Waals surface area contributed by atoms with Crippen LogP contribution >= 0.6 is 0 Å². The van der Waals surface area contributed by atoms with E-state index in [-0.39, 0.29) is 0 Å². The number of nitriles is 1. The average molecular weight is 279 g/mol. The molecule has 1 aliphatic rings. The van der Waals surface area contributed by atoms with Crippen molar-refractivity contribution in [2.75, 3.05) is 5.32 Å². The lowest BCUT2D eigenvalue weighted by atomic mass is 9.93. The number of hydrogen-bond acceptors (Lipinski definition) is 3. The quantitative estimate of drug-likeness (QED) is 0.909. The minimum Gasteiger partial charge on any atom is -0.380 e. The van der Waals surface area contributed by atoms with Crippen molar-refractivity contribution in [3.63, 3.8) is 0 Å². The molecule has 3 unspecified atom stereocenters. The fraction of sp³-hybridized carbons (Fsp3) is 0.444. The van der Waals surface area contributed by atoms with E-state index >= 15 is 0 Å². The Hall–Kier alpha value is -2.08. The molecule has 0 bridgehead atoms. The van der Waals surface area contributed by atoms with Crippen molar-refractivity contribution in [2.45, 2.75) is 39.2 Å². The molecule has 3 heteroatoms. The predicted molar refractivity (Wildman–Crippen MR) is 86.0 cm³/mol. The maximum atomic E-state index is 9.39. The molecule has 1 N–H and O–H groups in total. The Morgan fingerprint density at radius 1 is 1.33 bits per heavy atom. The number of aromatic nitrogens is 1. The molecule has 1 heterocycles. The number of benzene rings is 1. The molecule has 3 nitrogen and oxygen atoms in total. The third-order valence-corrected chi connectivity index (χ3v) is 4.98. The molecule has 0 aliphatic heterocycles. The molecule has 0 spiro atoms. The van der Waals surface area contributed by atoms with E-state index in [2.05, 4.69) is 30.2 Å². The number of hydrogen-bond donors (Lipinski definition) is 1. The van der Waals surface area contributed by atoms with E-state index in [1.807, 2.05) is 24.3 Å². The van der Waals surface area contributed by atoms with Gasteiger partial charge < -0.3 is 5.32 Å². The summed E-state index contributed by atoms with van der Waals surface area (Å²) in [5.74, 6) is 1.44. The lowest BCUT2D eigenvalue weighted by molar-refractivity contribution is 0.392. The second-order valence-corrected chi connectivity index (χ2v) is 6.03. The van der Waals surface area contributed by atoms with Crippen molar-refractivity contribution in [2.24, 2.45) is 11.8 Å². The molecule has 3 rings (SSSR count). The second kappa shape index (κ2) is 5.73. The van der Waals surface area contributed by atoms with Crippen LogP contribution < -0.4 is 5.32 Å². The Kier molecular flexibility index (Phi) is 3.79. The van der Waals surface area contributed by atoms with Crippen LogP contribution in [0.5, 0.6) is 0 Å². The van der Waals surface area contributed by atoms with Gasteiger partial charge in [-0.3, -0.25) is 4.98 Å². The van der Waals surface area contributed by atoms with Crippen molar-refractivity contribution in [1.29, 1.82) is 5.26 Å². The van der Waals surface area contributed by atoms with E-state index in [4.69, 9.17) is 0 Å². The number of pyridine rings is 1. The molecule has 1 fully saturated rings. The zero-order chi connectivity index (χ0) is 14.8. The first-order chi connectivity index (χ1) is 10.2. The summed E-state index contributed by atoms with van der Waals surface area (Å²) >= 11 is 0. The molecular formula is C18H21N3. The van der Waals surface area contributed by atoms with Gasteiger partial charge in [0.15, 0.2) is 0 Å². The predicted octanol–water partition coefficient (Wildman–Crippen LogP) is 4.34. The number of nitrogens with one attached hydrogen (secondary N) is 1. The molecule has 2 aromatic rings. The maximum absolute atomic E-state index is 9.39. The van der Waals surface area contributed by atoms with Crippen LogP contribution in [-0.2, 0) is 0 Å². The first-order valence-corrected chi connectivity index (χ1v) is 7.79. The van der Waals surface area contributed by atoms with Gasteiger partial charge >= 0.3 is 0 Å². The first kappa shape index (κ1) is 13.9. The molecule has 1 aromatic carbocycles. The van der Waals surface area contributed by atoms with Crippen molar-refractivity contribution in [3.8, 4) is 6.07 Å². The van der Waals surface area contributed by atoms with Crippen LogP contribution in [0, 0.1) is 23.2 Å². The Bertz CT molecular complexity index is 686. The van der Waals surface area contributed by atoms with E-state index < -0.39 is 0 Å². The van der Waals surface area contributed by atoms with Gasteiger partial charge in [0.05, 0.1) is 16.8 Å². The van der Waals surface area contributed by atoms with Crippen LogP contribution in [0.4, 0.5) is 5.69 Å². The summed E-state index contributed by atoms with van der Waals surface area (Å²) in [6.45, 7) is 4.60. The number of nitrogens with zero attached hydrogens (tertiary/aromatic N) is 2. The monoisotopic (exact) mass is 279 g/mol. The van der Waals surface area contributed by atoms with E-state index in [1.54, 1.807) is 6.20 Å². The van der Waals surface area contributed by atoms with Gasteiger partial charge in [0.1, 0.15) is 6.07 Å². The van der Waals surface area contributed by atoms with E-state index in [0.717, 1.165) is 22.5 Å². The minimum atomic E-state index is 0.452. The van der Waals surface area contributed by atoms with Crippen LogP contribution in [0.15, 0.2) is 30.5 Å². The zero-order valence-electron chi connectivity index (χ0n) is 12.6. The average Bonchev–Trinajstić information content (AvgIpc) is 2.88. The van der Waals surface area contributed by atoms with E-state index in [1.165, 1.54) is 19.3 Å². The molecule has 1 saturated carbocycles. The van der Waals surface area contributed by atoms with Gasteiger partial charge in [-0.2, -0.15) is 5.26 Å². The van der Waals surface area contributed by atoms with Crippen LogP contribution in [0.2, 0.25) is 0 Å². The van der Waals surface area contributed by atoms with Crippen molar-refractivity contribution in [3.05, 3.63) is 36.0 Å². The smallest absolute Gasteiger partial charge is 0.103 e. The maximum Gasteiger partial charge on any atom is 0.103 e. The molecule has 0 amide bonds. The highest BCUT2D eigenvalue weighted by atomic mass is 14.9. The Balaban J connectivity index is 1.98. The molecule has 1 aliphatic carbocycles. The summed E-state index contributed by atoms with van der Waals surface area (Å²) in [5.41, 5.74) is 2.54. The zero-order valence-corrected chi connectivity index (χ0v) is 12.6. The van der Waals surface area contributed by atoms with Crippen LogP contribution in [-0.4, -0.2) is 11.0 Å². The minimum absolute atomic E-state index is 0.452. The van der Waals surface area contributed by atoms with E-state index in [0.29, 0.717) is 17.5 Å². The highest BCUT2D eigenvalue weighted by Crippen LogP contribution is 2.37. The normalized spacial score (nSPS) is 24.9. The SMILES string of the molecule is CCC1CCC(Nc2c(C#N)cnc3ccccc23)C1C. The molecule has 1 aromatic heterocycles. The second-order valence-electron chi connectivity index (χ2n) is 6.03. The van der Waals surface area contributed by atoms with Crippen LogP contribution in [0.1, 0.15) is 38.7 Å². The molecule has 108 valence electrons. The molecule has 0 radical (unpaired) electrons. The lowest BCUT2D eigenvalue weighted by Gasteiger charge is -2.23. The van der Waals surface area contributed by atoms with E-state index in [9.17, 15) is 5.26 Å². The van der Waals surface area contributed by atoms with Gasteiger partial charge in [0.25, 0.3) is 0 Å². The summed E-state index contributed by atoms with van der Waals surface area (Å²) in [4.78, 5) is 4.37. The van der Waals surface area contributed by atoms with Gasteiger partial charge in [-0.15, -0.1) is 0 Å². The highest BCUT2D eigenvalue weighted by molar-refractivity contribution is 5.93. The number of fused-ring (bicyclic) bond motifs is 1. The summed E-state index contributed by atoms with van der Waals surface area (Å²) in [7, 11) is 0. The summed E-state index contributed by atoms with van der Waals surface area (Å²) in [5, 5.41) is 14.1. The number of para-hydroxylation sites is 1.